The number of hydrogen-bond donors (Lipinski definition) is 1. The van der Waals surface area contributed by atoms with Crippen LogP contribution in [0.5, 0.6) is 5.75 Å². The minimum absolute atomic E-state index is 0.207. The van der Waals surface area contributed by atoms with Crippen molar-refractivity contribution in [3.63, 3.8) is 0 Å². The Morgan fingerprint density at radius 2 is 1.94 bits per heavy atom. The van der Waals surface area contributed by atoms with Gasteiger partial charge in [-0.25, -0.2) is 15.0 Å². The second-order valence-corrected chi connectivity index (χ2v) is 9.69. The molecule has 0 aliphatic heterocycles. The number of carbonyl (C=O) groups is 1. The highest BCUT2D eigenvalue weighted by Crippen LogP contribution is 2.26. The molecule has 0 atom stereocenters. The quantitative estimate of drug-likeness (QED) is 0.381. The Hall–Kier alpha value is -3.85. The van der Waals surface area contributed by atoms with Crippen LogP contribution < -0.4 is 10.1 Å². The zero-order valence-corrected chi connectivity index (χ0v) is 20.3. The third-order valence-electron chi connectivity index (χ3n) is 4.85. The van der Waals surface area contributed by atoms with Gasteiger partial charge >= 0.3 is 0 Å². The molecule has 8 nitrogen and oxygen atoms in total. The van der Waals surface area contributed by atoms with E-state index in [0.29, 0.717) is 24.1 Å². The Bertz CT molecular complexity index is 1300. The number of nitrogens with one attached hydrogen (secondary N) is 1. The molecule has 3 aromatic heterocycles. The summed E-state index contributed by atoms with van der Waals surface area (Å²) in [6.45, 7) is 8.50. The molecule has 0 aliphatic carbocycles. The van der Waals surface area contributed by atoms with Gasteiger partial charge in [-0.15, -0.1) is 11.3 Å². The van der Waals surface area contributed by atoms with Crippen molar-refractivity contribution < 1.29 is 9.53 Å². The summed E-state index contributed by atoms with van der Waals surface area (Å²) >= 11 is 1.59. The maximum Gasteiger partial charge on any atom is 0.252 e. The molecular weight excluding hydrogens is 448 g/mol. The predicted octanol–water partition coefficient (Wildman–Crippen LogP) is 4.96. The van der Waals surface area contributed by atoms with Crippen LogP contribution in [0.25, 0.3) is 12.0 Å². The Labute approximate surface area is 202 Å². The molecule has 9 heteroatoms. The van der Waals surface area contributed by atoms with Gasteiger partial charge in [0.25, 0.3) is 5.95 Å². The lowest BCUT2D eigenvalue weighted by Crippen LogP contribution is -2.14. The highest BCUT2D eigenvalue weighted by atomic mass is 32.1. The second-order valence-electron chi connectivity index (χ2n) is 8.63. The molecule has 0 radical (unpaired) electrons. The van der Waals surface area contributed by atoms with Crippen LogP contribution >= 0.6 is 11.3 Å². The van der Waals surface area contributed by atoms with E-state index in [-0.39, 0.29) is 11.3 Å². The summed E-state index contributed by atoms with van der Waals surface area (Å²) < 4.78 is 7.48. The number of rotatable bonds is 7. The smallest absolute Gasteiger partial charge is 0.252 e. The number of aryl methyl sites for hydroxylation is 1. The maximum absolute atomic E-state index is 12.8. The molecule has 174 valence electrons. The number of nitrogens with zero attached hydrogens (tertiary/aromatic N) is 5. The minimum Gasteiger partial charge on any atom is -0.487 e. The van der Waals surface area contributed by atoms with Crippen molar-refractivity contribution in [2.45, 2.75) is 39.7 Å². The predicted molar refractivity (Wildman–Crippen MR) is 133 cm³/mol. The number of ether oxygens (including phenoxy) is 1. The van der Waals surface area contributed by atoms with Gasteiger partial charge in [-0.1, -0.05) is 39.0 Å². The number of hydrogen-bond acceptors (Lipinski definition) is 7. The Morgan fingerprint density at radius 3 is 2.65 bits per heavy atom. The SMILES string of the molecule is Cc1nc(COc2ccccc2/C=C/C(=O)Nc2cc(C(C)(C)C)nn2-c2ncccn2)cs1. The third kappa shape index (κ3) is 5.74. The zero-order valence-electron chi connectivity index (χ0n) is 19.5. The van der Waals surface area contributed by atoms with E-state index in [0.717, 1.165) is 22.0 Å². The lowest BCUT2D eigenvalue weighted by Gasteiger charge is -2.13. The van der Waals surface area contributed by atoms with E-state index in [2.05, 4.69) is 46.1 Å². The summed E-state index contributed by atoms with van der Waals surface area (Å²) in [4.78, 5) is 25.7. The van der Waals surface area contributed by atoms with Gasteiger partial charge in [0.1, 0.15) is 18.2 Å². The minimum atomic E-state index is -0.303. The number of thiazole rings is 1. The maximum atomic E-state index is 12.8. The fourth-order valence-electron chi connectivity index (χ4n) is 3.10. The van der Waals surface area contributed by atoms with Crippen LogP contribution in [0.4, 0.5) is 5.82 Å². The van der Waals surface area contributed by atoms with Gasteiger partial charge in [-0.2, -0.15) is 9.78 Å². The summed E-state index contributed by atoms with van der Waals surface area (Å²) in [6.07, 6.45) is 6.46. The standard InChI is InChI=1S/C25H26N6O2S/c1-17-28-19(16-34-17)15-33-20-9-6-5-8-18(20)10-11-23(32)29-22-14-21(25(2,3)4)30-31(22)24-26-12-7-13-27-24/h5-14,16H,15H2,1-4H3,(H,29,32)/b11-10+. The van der Waals surface area contributed by atoms with Gasteiger partial charge in [0.05, 0.1) is 16.4 Å². The van der Waals surface area contributed by atoms with Crippen molar-refractivity contribution in [1.29, 1.82) is 0 Å². The van der Waals surface area contributed by atoms with Gasteiger partial charge in [-0.3, -0.25) is 4.79 Å². The van der Waals surface area contributed by atoms with E-state index in [9.17, 15) is 4.79 Å². The number of benzene rings is 1. The molecule has 1 aromatic carbocycles. The molecule has 0 spiro atoms. The van der Waals surface area contributed by atoms with Gasteiger partial charge in [-0.05, 0) is 25.1 Å². The summed E-state index contributed by atoms with van der Waals surface area (Å²) in [5.74, 6) is 1.25. The molecule has 0 bridgehead atoms. The van der Waals surface area contributed by atoms with E-state index in [1.54, 1.807) is 40.6 Å². The molecule has 0 aliphatic rings. The Balaban J connectivity index is 1.51. The van der Waals surface area contributed by atoms with Crippen LogP contribution in [0.2, 0.25) is 0 Å². The van der Waals surface area contributed by atoms with Crippen molar-refractivity contribution in [3.05, 3.63) is 82.2 Å². The number of carbonyl (C=O) groups excluding carboxylic acids is 1. The average Bonchev–Trinajstić information content (AvgIpc) is 3.43. The Morgan fingerprint density at radius 1 is 1.18 bits per heavy atom. The van der Waals surface area contributed by atoms with Gasteiger partial charge < -0.3 is 10.1 Å². The molecular formula is C25H26N6O2S. The van der Waals surface area contributed by atoms with Crippen LogP contribution in [0.15, 0.2) is 60.2 Å². The van der Waals surface area contributed by atoms with Crippen LogP contribution in [-0.4, -0.2) is 30.6 Å². The first-order valence-electron chi connectivity index (χ1n) is 10.8. The van der Waals surface area contributed by atoms with Crippen LogP contribution in [-0.2, 0) is 16.8 Å². The molecule has 4 aromatic rings. The van der Waals surface area contributed by atoms with E-state index in [1.807, 2.05) is 42.6 Å². The highest BCUT2D eigenvalue weighted by molar-refractivity contribution is 7.09. The molecule has 0 saturated heterocycles. The van der Waals surface area contributed by atoms with Crippen LogP contribution in [0, 0.1) is 6.92 Å². The average molecular weight is 475 g/mol. The van der Waals surface area contributed by atoms with Gasteiger partial charge in [0.2, 0.25) is 5.91 Å². The second kappa shape index (κ2) is 9.96. The monoisotopic (exact) mass is 474 g/mol. The van der Waals surface area contributed by atoms with Gasteiger partial charge in [0.15, 0.2) is 0 Å². The number of amides is 1. The zero-order chi connectivity index (χ0) is 24.1. The Kier molecular flexibility index (Phi) is 6.83. The molecule has 0 saturated carbocycles. The van der Waals surface area contributed by atoms with Crippen molar-refractivity contribution in [1.82, 2.24) is 24.7 Å². The van der Waals surface area contributed by atoms with Crippen molar-refractivity contribution in [3.8, 4) is 11.7 Å². The normalized spacial score (nSPS) is 11.6. The summed E-state index contributed by atoms with van der Waals surface area (Å²) in [6, 6.07) is 11.1. The third-order valence-corrected chi connectivity index (χ3v) is 5.67. The molecule has 34 heavy (non-hydrogen) atoms. The fraction of sp³-hybridized carbons (Fsp3) is 0.240. The summed E-state index contributed by atoms with van der Waals surface area (Å²) in [5, 5.41) is 10.5. The largest absolute Gasteiger partial charge is 0.487 e. The van der Waals surface area contributed by atoms with Crippen molar-refractivity contribution in [2.24, 2.45) is 0 Å². The summed E-state index contributed by atoms with van der Waals surface area (Å²) in [7, 11) is 0. The summed E-state index contributed by atoms with van der Waals surface area (Å²) in [5.41, 5.74) is 2.28. The molecule has 1 amide bonds. The van der Waals surface area contributed by atoms with E-state index < -0.39 is 0 Å². The molecule has 4 rings (SSSR count). The topological polar surface area (TPSA) is 94.8 Å². The number of aromatic nitrogens is 5. The van der Waals surface area contributed by atoms with Crippen molar-refractivity contribution in [2.75, 3.05) is 5.32 Å². The first-order valence-corrected chi connectivity index (χ1v) is 11.7. The van der Waals surface area contributed by atoms with E-state index in [1.165, 1.54) is 6.08 Å². The first kappa shape index (κ1) is 23.3. The molecule has 3 heterocycles. The number of anilines is 1. The molecule has 1 N–H and O–H groups in total. The molecule has 0 unspecified atom stereocenters. The van der Waals surface area contributed by atoms with Crippen LogP contribution in [0.1, 0.15) is 42.7 Å². The lowest BCUT2D eigenvalue weighted by atomic mass is 9.92. The fourth-order valence-corrected chi connectivity index (χ4v) is 3.70. The highest BCUT2D eigenvalue weighted by Gasteiger charge is 2.22. The first-order chi connectivity index (χ1) is 16.3. The van der Waals surface area contributed by atoms with E-state index >= 15 is 0 Å². The lowest BCUT2D eigenvalue weighted by molar-refractivity contribution is -0.111. The number of para-hydroxylation sites is 1. The van der Waals surface area contributed by atoms with Crippen LogP contribution in [0.3, 0.4) is 0 Å². The molecule has 0 fully saturated rings. The van der Waals surface area contributed by atoms with Crippen molar-refractivity contribution >= 4 is 29.1 Å². The van der Waals surface area contributed by atoms with E-state index in [4.69, 9.17) is 4.74 Å². The van der Waals surface area contributed by atoms with Gasteiger partial charge in [0, 0.05) is 40.9 Å².